The van der Waals surface area contributed by atoms with Crippen LogP contribution in [0.4, 0.5) is 10.1 Å². The molecule has 0 saturated carbocycles. The Kier molecular flexibility index (Phi) is 7.52. The van der Waals surface area contributed by atoms with Gasteiger partial charge in [-0.25, -0.2) is 12.8 Å². The van der Waals surface area contributed by atoms with E-state index in [-0.39, 0.29) is 12.1 Å². The van der Waals surface area contributed by atoms with E-state index in [4.69, 9.17) is 0 Å². The van der Waals surface area contributed by atoms with Gasteiger partial charge in [0.15, 0.2) is 0 Å². The van der Waals surface area contributed by atoms with E-state index in [2.05, 4.69) is 21.2 Å². The number of hydrogen-bond donors (Lipinski definition) is 1. The number of rotatable bonds is 8. The van der Waals surface area contributed by atoms with Crippen LogP contribution in [0.2, 0.25) is 0 Å². The average molecular weight is 457 g/mol. The van der Waals surface area contributed by atoms with Crippen LogP contribution in [0, 0.1) is 5.82 Å². The summed E-state index contributed by atoms with van der Waals surface area (Å²) in [6.45, 7) is 4.20. The van der Waals surface area contributed by atoms with Crippen molar-refractivity contribution in [1.82, 2.24) is 4.31 Å². The molecule has 0 fully saturated rings. The molecule has 0 aromatic heterocycles. The Morgan fingerprint density at radius 3 is 2.41 bits per heavy atom. The Labute approximate surface area is 167 Å². The molecule has 0 heterocycles. The summed E-state index contributed by atoms with van der Waals surface area (Å²) in [4.78, 5) is 12.0. The van der Waals surface area contributed by atoms with Crippen LogP contribution in [0.15, 0.2) is 51.8 Å². The van der Waals surface area contributed by atoms with Gasteiger partial charge in [-0.15, -0.1) is 0 Å². The van der Waals surface area contributed by atoms with Gasteiger partial charge in [0.05, 0.1) is 0 Å². The number of amides is 1. The second kappa shape index (κ2) is 9.43. The van der Waals surface area contributed by atoms with Crippen LogP contribution in [0.3, 0.4) is 0 Å². The lowest BCUT2D eigenvalue weighted by atomic mass is 10.2. The molecule has 1 N–H and O–H groups in total. The van der Waals surface area contributed by atoms with Crippen LogP contribution in [0.1, 0.15) is 37.0 Å². The molecule has 2 rings (SSSR count). The topological polar surface area (TPSA) is 66.5 Å². The summed E-state index contributed by atoms with van der Waals surface area (Å²) >= 11 is 3.31. The molecule has 0 radical (unpaired) electrons. The zero-order valence-corrected chi connectivity index (χ0v) is 17.6. The molecule has 2 aromatic rings. The van der Waals surface area contributed by atoms with E-state index >= 15 is 0 Å². The Balaban J connectivity index is 2.31. The summed E-state index contributed by atoms with van der Waals surface area (Å²) in [6, 6.07) is 10.3. The first-order valence-corrected chi connectivity index (χ1v) is 10.9. The van der Waals surface area contributed by atoms with Gasteiger partial charge in [0.1, 0.15) is 10.7 Å². The van der Waals surface area contributed by atoms with Crippen molar-refractivity contribution in [2.75, 3.05) is 18.4 Å². The minimum Gasteiger partial charge on any atom is -0.322 e. The Morgan fingerprint density at radius 1 is 1.15 bits per heavy atom. The van der Waals surface area contributed by atoms with Crippen molar-refractivity contribution < 1.29 is 17.6 Å². The van der Waals surface area contributed by atoms with E-state index in [1.165, 1.54) is 10.4 Å². The monoisotopic (exact) mass is 456 g/mol. The van der Waals surface area contributed by atoms with E-state index in [1.807, 2.05) is 6.92 Å². The highest BCUT2D eigenvalue weighted by molar-refractivity contribution is 9.10. The fraction of sp³-hybridized carbons (Fsp3) is 0.316. The molecule has 1 amide bonds. The fourth-order valence-electron chi connectivity index (χ4n) is 2.50. The first-order chi connectivity index (χ1) is 12.8. The van der Waals surface area contributed by atoms with Gasteiger partial charge in [-0.2, -0.15) is 4.31 Å². The van der Waals surface area contributed by atoms with E-state index in [9.17, 15) is 17.6 Å². The minimum absolute atomic E-state index is 0.0736. The maximum Gasteiger partial charge on any atom is 0.255 e. The molecule has 8 heteroatoms. The number of nitrogens with zero attached hydrogens (tertiary/aromatic N) is 1. The van der Waals surface area contributed by atoms with Gasteiger partial charge >= 0.3 is 0 Å². The number of nitrogens with one attached hydrogen (secondary N) is 1. The van der Waals surface area contributed by atoms with Crippen molar-refractivity contribution in [1.29, 1.82) is 0 Å². The third kappa shape index (κ3) is 5.37. The lowest BCUT2D eigenvalue weighted by Crippen LogP contribution is -2.32. The molecule has 0 saturated heterocycles. The van der Waals surface area contributed by atoms with Crippen LogP contribution < -0.4 is 5.32 Å². The van der Waals surface area contributed by atoms with Gasteiger partial charge in [0, 0.05) is 28.8 Å². The van der Waals surface area contributed by atoms with Crippen molar-refractivity contribution in [2.24, 2.45) is 0 Å². The summed E-state index contributed by atoms with van der Waals surface area (Å²) in [5, 5.41) is 2.67. The first kappa shape index (κ1) is 21.5. The molecule has 0 aliphatic carbocycles. The molecular formula is C19H22BrFN2O3S. The quantitative estimate of drug-likeness (QED) is 0.628. The zero-order chi connectivity index (χ0) is 20.0. The number of carbonyl (C=O) groups excluding carboxylic acids is 1. The van der Waals surface area contributed by atoms with Crippen molar-refractivity contribution in [3.05, 3.63) is 58.3 Å². The molecule has 0 aliphatic rings. The molecule has 0 atom stereocenters. The highest BCUT2D eigenvalue weighted by Gasteiger charge is 2.27. The van der Waals surface area contributed by atoms with Gasteiger partial charge in [-0.05, 0) is 48.9 Å². The van der Waals surface area contributed by atoms with Crippen molar-refractivity contribution >= 4 is 37.5 Å². The Bertz CT molecular complexity index is 902. The second-order valence-corrected chi connectivity index (χ2v) is 8.78. The molecule has 0 unspecified atom stereocenters. The molecule has 0 bridgehead atoms. The van der Waals surface area contributed by atoms with E-state index in [0.717, 1.165) is 23.0 Å². The normalized spacial score (nSPS) is 11.6. The molecule has 0 spiro atoms. The third-order valence-electron chi connectivity index (χ3n) is 4.03. The van der Waals surface area contributed by atoms with Gasteiger partial charge in [0.25, 0.3) is 5.91 Å². The highest BCUT2D eigenvalue weighted by Crippen LogP contribution is 2.22. The summed E-state index contributed by atoms with van der Waals surface area (Å²) in [5.41, 5.74) is 0.625. The predicted molar refractivity (Wildman–Crippen MR) is 108 cm³/mol. The summed E-state index contributed by atoms with van der Waals surface area (Å²) in [6.07, 6.45) is 1.50. The van der Waals surface area contributed by atoms with Crippen LogP contribution in [0.5, 0.6) is 0 Å². The molecule has 5 nitrogen and oxygen atoms in total. The lowest BCUT2D eigenvalue weighted by molar-refractivity contribution is 0.102. The van der Waals surface area contributed by atoms with E-state index < -0.39 is 26.6 Å². The summed E-state index contributed by atoms with van der Waals surface area (Å²) in [5.74, 6) is -1.38. The molecular weight excluding hydrogens is 435 g/mol. The second-order valence-electron chi connectivity index (χ2n) is 5.96. The maximum atomic E-state index is 14.3. The SMILES string of the molecule is CCCCN(CC)S(=O)(=O)c1cc(C(=O)Nc2ccc(Br)cc2)ccc1F. The number of carbonyl (C=O) groups is 1. The number of anilines is 1. The number of hydrogen-bond acceptors (Lipinski definition) is 3. The molecule has 0 aliphatic heterocycles. The van der Waals surface area contributed by atoms with E-state index in [0.29, 0.717) is 18.7 Å². The van der Waals surface area contributed by atoms with Gasteiger partial charge in [-0.1, -0.05) is 36.2 Å². The molecule has 27 heavy (non-hydrogen) atoms. The van der Waals surface area contributed by atoms with Crippen molar-refractivity contribution in [3.63, 3.8) is 0 Å². The van der Waals surface area contributed by atoms with Gasteiger partial charge in [-0.3, -0.25) is 4.79 Å². The first-order valence-electron chi connectivity index (χ1n) is 8.66. The highest BCUT2D eigenvalue weighted by atomic mass is 79.9. The minimum atomic E-state index is -4.02. The smallest absolute Gasteiger partial charge is 0.255 e. The summed E-state index contributed by atoms with van der Waals surface area (Å²) < 4.78 is 42.0. The number of halogens is 2. The largest absolute Gasteiger partial charge is 0.322 e. The van der Waals surface area contributed by atoms with Crippen molar-refractivity contribution in [2.45, 2.75) is 31.6 Å². The Hall–Kier alpha value is -1.77. The lowest BCUT2D eigenvalue weighted by Gasteiger charge is -2.21. The predicted octanol–water partition coefficient (Wildman–Crippen LogP) is 4.65. The molecule has 146 valence electrons. The van der Waals surface area contributed by atoms with Crippen LogP contribution in [-0.2, 0) is 10.0 Å². The van der Waals surface area contributed by atoms with Crippen LogP contribution in [0.25, 0.3) is 0 Å². The van der Waals surface area contributed by atoms with Crippen LogP contribution >= 0.6 is 15.9 Å². The standard InChI is InChI=1S/C19H22BrFN2O3S/c1-3-5-12-23(4-2)27(25,26)18-13-14(6-11-17(18)21)19(24)22-16-9-7-15(20)8-10-16/h6-11,13H,3-5,12H2,1-2H3,(H,22,24). The summed E-state index contributed by atoms with van der Waals surface area (Å²) in [7, 11) is -4.02. The Morgan fingerprint density at radius 2 is 1.81 bits per heavy atom. The van der Waals surface area contributed by atoms with E-state index in [1.54, 1.807) is 31.2 Å². The van der Waals surface area contributed by atoms with Crippen molar-refractivity contribution in [3.8, 4) is 0 Å². The maximum absolute atomic E-state index is 14.3. The average Bonchev–Trinajstić information content (AvgIpc) is 2.64. The molecule has 2 aromatic carbocycles. The zero-order valence-electron chi connectivity index (χ0n) is 15.2. The fourth-order valence-corrected chi connectivity index (χ4v) is 4.34. The van der Waals surface area contributed by atoms with Crippen LogP contribution in [-0.4, -0.2) is 31.7 Å². The van der Waals surface area contributed by atoms with Gasteiger partial charge < -0.3 is 5.32 Å². The third-order valence-corrected chi connectivity index (χ3v) is 6.55. The number of sulfonamides is 1. The number of unbranched alkanes of at least 4 members (excludes halogenated alkanes) is 1. The number of benzene rings is 2. The van der Waals surface area contributed by atoms with Gasteiger partial charge in [0.2, 0.25) is 10.0 Å².